The molecule has 6 nitrogen and oxygen atoms in total. The second-order valence-corrected chi connectivity index (χ2v) is 8.24. The van der Waals surface area contributed by atoms with E-state index >= 15 is 0 Å². The van der Waals surface area contributed by atoms with Gasteiger partial charge in [-0.3, -0.25) is 14.5 Å². The van der Waals surface area contributed by atoms with Gasteiger partial charge in [0.1, 0.15) is 4.32 Å². The van der Waals surface area contributed by atoms with E-state index < -0.39 is 17.9 Å². The molecule has 1 aliphatic rings. The van der Waals surface area contributed by atoms with Crippen molar-refractivity contribution >= 4 is 52.2 Å². The third-order valence-corrected chi connectivity index (χ3v) is 5.24. The number of nitrogens with one attached hydrogen (secondary N) is 1. The number of carboxylic acids is 1. The molecule has 0 aliphatic carbocycles. The third kappa shape index (κ3) is 6.18. The van der Waals surface area contributed by atoms with E-state index in [0.29, 0.717) is 9.23 Å². The van der Waals surface area contributed by atoms with E-state index in [1.54, 1.807) is 6.08 Å². The Balaban J connectivity index is 1.94. The first-order valence-corrected chi connectivity index (χ1v) is 9.81. The van der Waals surface area contributed by atoms with E-state index in [2.05, 4.69) is 5.32 Å². The standard InChI is InChI=1S/C19H22N2O4S2/c1-12(2)10-14(18(24)25)20-16(22)8-9-21-17(23)15(27-19(21)26)11-13-6-4-3-5-7-13/h3-7,11-12,14H,8-10H2,1-2H3,(H,20,22)(H,24,25)/p-1/b15-11+/t14-/m0/s1. The number of amides is 2. The van der Waals surface area contributed by atoms with Gasteiger partial charge in [-0.15, -0.1) is 0 Å². The van der Waals surface area contributed by atoms with E-state index in [-0.39, 0.29) is 31.2 Å². The van der Waals surface area contributed by atoms with Gasteiger partial charge in [0.05, 0.1) is 16.9 Å². The van der Waals surface area contributed by atoms with Gasteiger partial charge in [0.15, 0.2) is 0 Å². The van der Waals surface area contributed by atoms with Crippen molar-refractivity contribution in [3.05, 3.63) is 40.8 Å². The molecule has 0 radical (unpaired) electrons. The maximum absolute atomic E-state index is 12.5. The Labute approximate surface area is 168 Å². The molecule has 0 spiro atoms. The Bertz CT molecular complexity index is 762. The molecule has 8 heteroatoms. The molecule has 27 heavy (non-hydrogen) atoms. The number of benzene rings is 1. The van der Waals surface area contributed by atoms with Crippen molar-refractivity contribution in [3.8, 4) is 0 Å². The molecule has 144 valence electrons. The van der Waals surface area contributed by atoms with Crippen LogP contribution in [0.1, 0.15) is 32.3 Å². The lowest BCUT2D eigenvalue weighted by Crippen LogP contribution is -2.49. The maximum atomic E-state index is 12.5. The first-order chi connectivity index (χ1) is 12.8. The normalized spacial score (nSPS) is 16.9. The predicted molar refractivity (Wildman–Crippen MR) is 107 cm³/mol. The van der Waals surface area contributed by atoms with Gasteiger partial charge in [-0.25, -0.2) is 0 Å². The summed E-state index contributed by atoms with van der Waals surface area (Å²) in [6.45, 7) is 3.83. The van der Waals surface area contributed by atoms with Crippen molar-refractivity contribution < 1.29 is 19.5 Å². The van der Waals surface area contributed by atoms with Crippen LogP contribution in [0.4, 0.5) is 0 Å². The largest absolute Gasteiger partial charge is 0.548 e. The molecule has 1 fully saturated rings. The van der Waals surface area contributed by atoms with E-state index in [1.165, 1.54) is 16.7 Å². The van der Waals surface area contributed by atoms with Crippen LogP contribution in [-0.4, -0.2) is 39.6 Å². The number of hydrogen-bond acceptors (Lipinski definition) is 6. The quantitative estimate of drug-likeness (QED) is 0.521. The summed E-state index contributed by atoms with van der Waals surface area (Å²) in [5.41, 5.74) is 0.890. The lowest BCUT2D eigenvalue weighted by Gasteiger charge is -2.22. The highest BCUT2D eigenvalue weighted by Crippen LogP contribution is 2.32. The van der Waals surface area contributed by atoms with Crippen molar-refractivity contribution in [1.29, 1.82) is 0 Å². The lowest BCUT2D eigenvalue weighted by atomic mass is 10.0. The average Bonchev–Trinajstić information content (AvgIpc) is 2.86. The van der Waals surface area contributed by atoms with Gasteiger partial charge in [0, 0.05) is 13.0 Å². The molecule has 1 atom stereocenters. The zero-order valence-electron chi connectivity index (χ0n) is 15.1. The number of thiocarbonyl (C=S) groups is 1. The van der Waals surface area contributed by atoms with Gasteiger partial charge in [-0.2, -0.15) is 0 Å². The number of rotatable bonds is 8. The number of carboxylic acid groups (broad SMARTS) is 1. The number of nitrogens with zero attached hydrogens (tertiary/aromatic N) is 1. The molecule has 0 unspecified atom stereocenters. The van der Waals surface area contributed by atoms with Crippen LogP contribution in [0.2, 0.25) is 0 Å². The zero-order chi connectivity index (χ0) is 20.0. The van der Waals surface area contributed by atoms with Crippen LogP contribution in [0.25, 0.3) is 6.08 Å². The smallest absolute Gasteiger partial charge is 0.266 e. The monoisotopic (exact) mass is 405 g/mol. The van der Waals surface area contributed by atoms with Gasteiger partial charge >= 0.3 is 0 Å². The molecule has 2 rings (SSSR count). The number of carbonyl (C=O) groups is 3. The van der Waals surface area contributed by atoms with Gasteiger partial charge in [-0.1, -0.05) is 68.2 Å². The Kier molecular flexibility index (Phi) is 7.55. The van der Waals surface area contributed by atoms with E-state index in [1.807, 2.05) is 44.2 Å². The fraction of sp³-hybridized carbons (Fsp3) is 0.368. The predicted octanol–water partition coefficient (Wildman–Crippen LogP) is 1.56. The highest BCUT2D eigenvalue weighted by atomic mass is 32.2. The molecule has 1 aromatic rings. The topological polar surface area (TPSA) is 89.5 Å². The Morgan fingerprint density at radius 2 is 1.96 bits per heavy atom. The molecule has 0 saturated carbocycles. The van der Waals surface area contributed by atoms with E-state index in [4.69, 9.17) is 12.2 Å². The molecule has 1 saturated heterocycles. The number of carbonyl (C=O) groups excluding carboxylic acids is 3. The van der Waals surface area contributed by atoms with E-state index in [9.17, 15) is 19.5 Å². The maximum Gasteiger partial charge on any atom is 0.266 e. The van der Waals surface area contributed by atoms with Gasteiger partial charge < -0.3 is 15.2 Å². The van der Waals surface area contributed by atoms with Crippen LogP contribution < -0.4 is 10.4 Å². The fourth-order valence-electron chi connectivity index (χ4n) is 2.56. The van der Waals surface area contributed by atoms with Crippen molar-refractivity contribution in [3.63, 3.8) is 0 Å². The van der Waals surface area contributed by atoms with Gasteiger partial charge in [-0.05, 0) is 24.0 Å². The van der Waals surface area contributed by atoms with Gasteiger partial charge in [0.25, 0.3) is 5.91 Å². The summed E-state index contributed by atoms with van der Waals surface area (Å²) in [7, 11) is 0. The molecule has 1 aliphatic heterocycles. The third-order valence-electron chi connectivity index (χ3n) is 3.86. The van der Waals surface area contributed by atoms with E-state index in [0.717, 1.165) is 5.56 Å². The van der Waals surface area contributed by atoms with Crippen molar-refractivity contribution in [1.82, 2.24) is 10.2 Å². The average molecular weight is 406 g/mol. The number of hydrogen-bond donors (Lipinski definition) is 1. The van der Waals surface area contributed by atoms with Crippen LogP contribution in [-0.2, 0) is 14.4 Å². The summed E-state index contributed by atoms with van der Waals surface area (Å²) < 4.78 is 0.383. The minimum absolute atomic E-state index is 0.0348. The van der Waals surface area contributed by atoms with Crippen molar-refractivity contribution in [2.24, 2.45) is 5.92 Å². The Morgan fingerprint density at radius 3 is 2.56 bits per heavy atom. The summed E-state index contributed by atoms with van der Waals surface area (Å²) in [5, 5.41) is 13.6. The molecule has 2 amide bonds. The highest BCUT2D eigenvalue weighted by Gasteiger charge is 2.32. The van der Waals surface area contributed by atoms with Crippen LogP contribution in [0.3, 0.4) is 0 Å². The SMILES string of the molecule is CC(C)C[C@H](NC(=O)CCN1C(=O)/C(=C\c2ccccc2)SC1=S)C(=O)[O-]. The van der Waals surface area contributed by atoms with Gasteiger partial charge in [0.2, 0.25) is 5.91 Å². The van der Waals surface area contributed by atoms with Crippen LogP contribution in [0.15, 0.2) is 35.2 Å². The fourth-order valence-corrected chi connectivity index (χ4v) is 3.87. The van der Waals surface area contributed by atoms with Crippen LogP contribution in [0.5, 0.6) is 0 Å². The molecule has 1 heterocycles. The summed E-state index contributed by atoms with van der Waals surface area (Å²) in [6, 6.07) is 8.37. The Hall–Kier alpha value is -2.19. The zero-order valence-corrected chi connectivity index (χ0v) is 16.8. The molecule has 0 bridgehead atoms. The summed E-state index contributed by atoms with van der Waals surface area (Å²) >= 11 is 6.43. The minimum atomic E-state index is -1.31. The lowest BCUT2D eigenvalue weighted by molar-refractivity contribution is -0.308. The van der Waals surface area contributed by atoms with Crippen molar-refractivity contribution in [2.75, 3.05) is 6.54 Å². The second kappa shape index (κ2) is 9.66. The molecular formula is C19H21N2O4S2-. The Morgan fingerprint density at radius 1 is 1.30 bits per heavy atom. The molecular weight excluding hydrogens is 384 g/mol. The first-order valence-electron chi connectivity index (χ1n) is 8.58. The highest BCUT2D eigenvalue weighted by molar-refractivity contribution is 8.26. The summed E-state index contributed by atoms with van der Waals surface area (Å²) in [4.78, 5) is 37.6. The van der Waals surface area contributed by atoms with Crippen LogP contribution >= 0.6 is 24.0 Å². The molecule has 0 aromatic heterocycles. The first kappa shape index (κ1) is 21.1. The van der Waals surface area contributed by atoms with Crippen molar-refractivity contribution in [2.45, 2.75) is 32.7 Å². The number of thioether (sulfide) groups is 1. The summed E-state index contributed by atoms with van der Waals surface area (Å²) in [5.74, 6) is -1.91. The number of aliphatic carboxylic acids is 1. The molecule has 1 N–H and O–H groups in total. The van der Waals surface area contributed by atoms with Crippen LogP contribution in [0, 0.1) is 5.92 Å². The summed E-state index contributed by atoms with van der Waals surface area (Å²) in [6.07, 6.45) is 2.01. The minimum Gasteiger partial charge on any atom is -0.548 e. The molecule has 1 aromatic carbocycles. The second-order valence-electron chi connectivity index (χ2n) is 6.56.